The number of aliphatic hydroxyl groups excluding tert-OH is 2. The number of nitrogens with one attached hydrogen (secondary N) is 1. The summed E-state index contributed by atoms with van der Waals surface area (Å²) in [6, 6.07) is -0.544. The molecule has 2 unspecified atom stereocenters. The van der Waals surface area contributed by atoms with Crippen LogP contribution in [0.3, 0.4) is 0 Å². The maximum atomic E-state index is 12.3. The van der Waals surface area contributed by atoms with Crippen molar-refractivity contribution in [2.75, 3.05) is 6.61 Å². The van der Waals surface area contributed by atoms with Gasteiger partial charge in [-0.1, -0.05) is 170 Å². The molecule has 0 aromatic heterocycles. The number of carbonyl (C=O) groups is 1. The standard InChI is InChI=1S/C43H73NO3/c1-3-5-7-9-11-12-13-14-15-16-17-18-19-20-21-22-23-24-25-26-27-28-29-30-31-32-33-35-37-39-43(47)44-41(40-45)42(46)38-36-34-10-8-6-4-2/h5,7,11-12,14-15,17-18,20-21,23-24,26-27,41-42,45-46H,3-4,6,8-10,13,16,19,22,25,28-40H2,1-2H3,(H,44,47)/b7-5-,12-11-,15-14-,18-17-,21-20-,24-23-,27-26-. The topological polar surface area (TPSA) is 69.6 Å². The summed E-state index contributed by atoms with van der Waals surface area (Å²) in [4.78, 5) is 12.3. The first-order chi connectivity index (χ1) is 23.2. The number of aliphatic hydroxyl groups is 2. The molecule has 0 spiro atoms. The number of carbonyl (C=O) groups excluding carboxylic acids is 1. The first-order valence-electron chi connectivity index (χ1n) is 19.3. The van der Waals surface area contributed by atoms with Crippen LogP contribution in [0.25, 0.3) is 0 Å². The van der Waals surface area contributed by atoms with Crippen LogP contribution in [-0.2, 0) is 4.79 Å². The second-order valence-electron chi connectivity index (χ2n) is 12.6. The molecule has 3 N–H and O–H groups in total. The van der Waals surface area contributed by atoms with Crippen molar-refractivity contribution in [3.63, 3.8) is 0 Å². The van der Waals surface area contributed by atoms with Gasteiger partial charge in [0.1, 0.15) is 0 Å². The van der Waals surface area contributed by atoms with Crippen molar-refractivity contribution >= 4 is 5.91 Å². The van der Waals surface area contributed by atoms with E-state index < -0.39 is 12.1 Å². The summed E-state index contributed by atoms with van der Waals surface area (Å²) in [6.07, 6.45) is 55.2. The molecule has 1 amide bonds. The van der Waals surface area contributed by atoms with Crippen LogP contribution in [0, 0.1) is 0 Å². The summed E-state index contributed by atoms with van der Waals surface area (Å²) in [6.45, 7) is 4.16. The van der Waals surface area contributed by atoms with Gasteiger partial charge in [0.25, 0.3) is 0 Å². The molecular formula is C43H73NO3. The Balaban J connectivity index is 3.61. The minimum atomic E-state index is -0.665. The first-order valence-corrected chi connectivity index (χ1v) is 19.3. The highest BCUT2D eigenvalue weighted by molar-refractivity contribution is 5.76. The zero-order valence-electron chi connectivity index (χ0n) is 30.5. The van der Waals surface area contributed by atoms with E-state index in [0.29, 0.717) is 12.8 Å². The van der Waals surface area contributed by atoms with Crippen molar-refractivity contribution in [2.24, 2.45) is 0 Å². The van der Waals surface area contributed by atoms with E-state index in [9.17, 15) is 15.0 Å². The SMILES string of the molecule is CC/C=C\C/C=C\C/C=C\C/C=C\C/C=C\C/C=C\C/C=C\CCCCCCCCCC(=O)NC(CO)C(O)CCCCCCCC. The quantitative estimate of drug-likeness (QED) is 0.0488. The van der Waals surface area contributed by atoms with Gasteiger partial charge in [-0.3, -0.25) is 4.79 Å². The fourth-order valence-electron chi connectivity index (χ4n) is 5.22. The number of unbranched alkanes of at least 4 members (excludes halogenated alkanes) is 12. The minimum absolute atomic E-state index is 0.0538. The van der Waals surface area contributed by atoms with Crippen LogP contribution in [0.15, 0.2) is 85.1 Å². The Morgan fingerprint density at radius 2 is 0.936 bits per heavy atom. The maximum absolute atomic E-state index is 12.3. The molecule has 0 radical (unpaired) electrons. The van der Waals surface area contributed by atoms with Gasteiger partial charge < -0.3 is 15.5 Å². The van der Waals surface area contributed by atoms with Gasteiger partial charge in [0.2, 0.25) is 5.91 Å². The van der Waals surface area contributed by atoms with Crippen molar-refractivity contribution in [2.45, 2.75) is 174 Å². The van der Waals surface area contributed by atoms with Gasteiger partial charge in [0.15, 0.2) is 0 Å². The molecule has 0 heterocycles. The molecule has 0 saturated heterocycles. The second kappa shape index (κ2) is 38.0. The smallest absolute Gasteiger partial charge is 0.220 e. The molecule has 0 bridgehead atoms. The Kier molecular flexibility index (Phi) is 36.1. The summed E-state index contributed by atoms with van der Waals surface area (Å²) >= 11 is 0. The molecular weight excluding hydrogens is 578 g/mol. The third-order valence-corrected chi connectivity index (χ3v) is 8.17. The third-order valence-electron chi connectivity index (χ3n) is 8.17. The van der Waals surface area contributed by atoms with Crippen molar-refractivity contribution in [1.29, 1.82) is 0 Å². The highest BCUT2D eigenvalue weighted by Gasteiger charge is 2.19. The zero-order valence-corrected chi connectivity index (χ0v) is 30.5. The van der Waals surface area contributed by atoms with Gasteiger partial charge in [0.05, 0.1) is 18.8 Å². The fraction of sp³-hybridized carbons (Fsp3) is 0.651. The minimum Gasteiger partial charge on any atom is -0.394 e. The molecule has 4 heteroatoms. The van der Waals surface area contributed by atoms with Crippen LogP contribution in [0.5, 0.6) is 0 Å². The molecule has 0 rings (SSSR count). The Bertz CT molecular complexity index is 879. The molecule has 268 valence electrons. The fourth-order valence-corrected chi connectivity index (χ4v) is 5.22. The zero-order chi connectivity index (χ0) is 34.3. The highest BCUT2D eigenvalue weighted by atomic mass is 16.3. The summed E-state index contributed by atoms with van der Waals surface area (Å²) in [7, 11) is 0. The van der Waals surface area contributed by atoms with Crippen LogP contribution >= 0.6 is 0 Å². The summed E-state index contributed by atoms with van der Waals surface area (Å²) in [5.74, 6) is -0.0538. The number of hydrogen-bond donors (Lipinski definition) is 3. The molecule has 47 heavy (non-hydrogen) atoms. The Hall–Kier alpha value is -2.43. The molecule has 0 aliphatic rings. The number of allylic oxidation sites excluding steroid dienone is 14. The van der Waals surface area contributed by atoms with E-state index in [4.69, 9.17) is 0 Å². The molecule has 0 aromatic rings. The van der Waals surface area contributed by atoms with Gasteiger partial charge in [-0.2, -0.15) is 0 Å². The lowest BCUT2D eigenvalue weighted by Crippen LogP contribution is -2.45. The largest absolute Gasteiger partial charge is 0.394 e. The molecule has 4 nitrogen and oxygen atoms in total. The Labute approximate surface area is 291 Å². The van der Waals surface area contributed by atoms with Gasteiger partial charge >= 0.3 is 0 Å². The van der Waals surface area contributed by atoms with E-state index in [1.54, 1.807) is 0 Å². The lowest BCUT2D eigenvalue weighted by Gasteiger charge is -2.22. The second-order valence-corrected chi connectivity index (χ2v) is 12.6. The molecule has 2 atom stereocenters. The normalized spacial score (nSPS) is 14.0. The van der Waals surface area contributed by atoms with E-state index in [1.807, 2.05) is 0 Å². The van der Waals surface area contributed by atoms with E-state index in [0.717, 1.165) is 83.5 Å². The molecule has 0 saturated carbocycles. The van der Waals surface area contributed by atoms with Crippen LogP contribution in [0.1, 0.15) is 162 Å². The van der Waals surface area contributed by atoms with Crippen molar-refractivity contribution < 1.29 is 15.0 Å². The van der Waals surface area contributed by atoms with Gasteiger partial charge in [-0.15, -0.1) is 0 Å². The van der Waals surface area contributed by atoms with Crippen molar-refractivity contribution in [1.82, 2.24) is 5.32 Å². The molecule has 0 aromatic carbocycles. The Morgan fingerprint density at radius 3 is 1.40 bits per heavy atom. The predicted octanol–water partition coefficient (Wildman–Crippen LogP) is 11.7. The Morgan fingerprint density at radius 1 is 0.532 bits per heavy atom. The van der Waals surface area contributed by atoms with Crippen LogP contribution in [-0.4, -0.2) is 34.9 Å². The average molecular weight is 652 g/mol. The average Bonchev–Trinajstić information content (AvgIpc) is 3.07. The molecule has 0 fully saturated rings. The van der Waals surface area contributed by atoms with E-state index >= 15 is 0 Å². The number of rotatable bonds is 33. The number of hydrogen-bond acceptors (Lipinski definition) is 3. The lowest BCUT2D eigenvalue weighted by atomic mass is 10.0. The summed E-state index contributed by atoms with van der Waals surface area (Å²) in [5.41, 5.74) is 0. The maximum Gasteiger partial charge on any atom is 0.220 e. The van der Waals surface area contributed by atoms with E-state index in [-0.39, 0.29) is 12.5 Å². The predicted molar refractivity (Wildman–Crippen MR) is 207 cm³/mol. The van der Waals surface area contributed by atoms with Crippen molar-refractivity contribution in [3.05, 3.63) is 85.1 Å². The lowest BCUT2D eigenvalue weighted by molar-refractivity contribution is -0.123. The molecule has 0 aliphatic carbocycles. The van der Waals surface area contributed by atoms with Crippen LogP contribution in [0.4, 0.5) is 0 Å². The van der Waals surface area contributed by atoms with Crippen LogP contribution in [0.2, 0.25) is 0 Å². The van der Waals surface area contributed by atoms with Gasteiger partial charge in [0, 0.05) is 6.42 Å². The van der Waals surface area contributed by atoms with Gasteiger partial charge in [-0.25, -0.2) is 0 Å². The van der Waals surface area contributed by atoms with Gasteiger partial charge in [-0.05, 0) is 70.6 Å². The van der Waals surface area contributed by atoms with E-state index in [1.165, 1.54) is 51.4 Å². The monoisotopic (exact) mass is 652 g/mol. The molecule has 0 aliphatic heterocycles. The first kappa shape index (κ1) is 44.6. The van der Waals surface area contributed by atoms with Crippen LogP contribution < -0.4 is 5.32 Å². The summed E-state index contributed by atoms with van der Waals surface area (Å²) in [5, 5.41) is 22.8. The third kappa shape index (κ3) is 34.7. The van der Waals surface area contributed by atoms with Crippen molar-refractivity contribution in [3.8, 4) is 0 Å². The summed E-state index contributed by atoms with van der Waals surface area (Å²) < 4.78 is 0. The number of amides is 1. The van der Waals surface area contributed by atoms with E-state index in [2.05, 4.69) is 104 Å². The highest BCUT2D eigenvalue weighted by Crippen LogP contribution is 2.12.